The largest absolute Gasteiger partial charge is 0.374 e. The second-order valence-corrected chi connectivity index (χ2v) is 6.02. The van der Waals surface area contributed by atoms with Crippen LogP contribution < -0.4 is 5.73 Å². The summed E-state index contributed by atoms with van der Waals surface area (Å²) in [6.07, 6.45) is 4.42. The molecule has 4 unspecified atom stereocenters. The minimum Gasteiger partial charge on any atom is -0.374 e. The zero-order valence-corrected chi connectivity index (χ0v) is 12.8. The highest BCUT2D eigenvalue weighted by atomic mass is 16.5. The monoisotopic (exact) mass is 269 g/mol. The molecule has 0 aromatic rings. The molecule has 2 fully saturated rings. The third kappa shape index (κ3) is 3.48. The predicted octanol–water partition coefficient (Wildman–Crippen LogP) is 1.30. The molecular formula is C15H31N3O. The van der Waals surface area contributed by atoms with Gasteiger partial charge in [0.25, 0.3) is 0 Å². The Morgan fingerprint density at radius 1 is 1.26 bits per heavy atom. The lowest BCUT2D eigenvalue weighted by molar-refractivity contribution is 0.000382. The van der Waals surface area contributed by atoms with E-state index in [1.165, 1.54) is 25.8 Å². The van der Waals surface area contributed by atoms with Gasteiger partial charge in [-0.1, -0.05) is 13.8 Å². The second-order valence-electron chi connectivity index (χ2n) is 6.02. The Morgan fingerprint density at radius 2 is 2.00 bits per heavy atom. The minimum atomic E-state index is 0.357. The lowest BCUT2D eigenvalue weighted by atomic mass is 10.1. The Labute approximate surface area is 118 Å². The first-order chi connectivity index (χ1) is 9.19. The van der Waals surface area contributed by atoms with Crippen molar-refractivity contribution < 1.29 is 4.74 Å². The number of ether oxygens (including phenoxy) is 1. The Balaban J connectivity index is 1.90. The van der Waals surface area contributed by atoms with E-state index in [4.69, 9.17) is 10.5 Å². The molecule has 112 valence electrons. The van der Waals surface area contributed by atoms with Gasteiger partial charge >= 0.3 is 0 Å². The molecule has 4 atom stereocenters. The van der Waals surface area contributed by atoms with E-state index >= 15 is 0 Å². The summed E-state index contributed by atoms with van der Waals surface area (Å²) < 4.78 is 6.04. The molecule has 4 heteroatoms. The highest BCUT2D eigenvalue weighted by Crippen LogP contribution is 2.27. The summed E-state index contributed by atoms with van der Waals surface area (Å²) >= 11 is 0. The van der Waals surface area contributed by atoms with Gasteiger partial charge in [-0.25, -0.2) is 0 Å². The molecule has 0 bridgehead atoms. The Kier molecular flexibility index (Phi) is 5.63. The van der Waals surface area contributed by atoms with Gasteiger partial charge in [0.1, 0.15) is 0 Å². The van der Waals surface area contributed by atoms with Crippen LogP contribution in [0.3, 0.4) is 0 Å². The number of hydrogen-bond donors (Lipinski definition) is 1. The second kappa shape index (κ2) is 7.02. The average molecular weight is 269 g/mol. The third-order valence-corrected chi connectivity index (χ3v) is 4.93. The lowest BCUT2D eigenvalue weighted by Crippen LogP contribution is -2.48. The van der Waals surface area contributed by atoms with Crippen LogP contribution in [-0.4, -0.2) is 66.8 Å². The summed E-state index contributed by atoms with van der Waals surface area (Å²) in [5.41, 5.74) is 6.03. The molecule has 0 radical (unpaired) electrons. The quantitative estimate of drug-likeness (QED) is 0.789. The van der Waals surface area contributed by atoms with Crippen LogP contribution in [0.25, 0.3) is 0 Å². The zero-order valence-electron chi connectivity index (χ0n) is 12.8. The smallest absolute Gasteiger partial charge is 0.0747 e. The average Bonchev–Trinajstić information content (AvgIpc) is 3.03. The molecule has 0 saturated carbocycles. The van der Waals surface area contributed by atoms with Crippen molar-refractivity contribution in [2.24, 2.45) is 5.73 Å². The molecule has 0 spiro atoms. The summed E-state index contributed by atoms with van der Waals surface area (Å²) in [5, 5.41) is 0. The molecule has 19 heavy (non-hydrogen) atoms. The van der Waals surface area contributed by atoms with E-state index in [1.54, 1.807) is 0 Å². The van der Waals surface area contributed by atoms with E-state index in [-0.39, 0.29) is 0 Å². The Morgan fingerprint density at radius 3 is 2.53 bits per heavy atom. The maximum absolute atomic E-state index is 6.04. The van der Waals surface area contributed by atoms with E-state index in [2.05, 4.69) is 30.6 Å². The fourth-order valence-corrected chi connectivity index (χ4v) is 3.76. The molecule has 2 heterocycles. The van der Waals surface area contributed by atoms with Crippen LogP contribution in [0.1, 0.15) is 40.0 Å². The summed E-state index contributed by atoms with van der Waals surface area (Å²) in [6, 6.07) is 1.13. The summed E-state index contributed by atoms with van der Waals surface area (Å²) in [7, 11) is 0. The lowest BCUT2D eigenvalue weighted by Gasteiger charge is -2.32. The van der Waals surface area contributed by atoms with Crippen LogP contribution in [0.4, 0.5) is 0 Å². The SMILES string of the molecule is CCN(CC)C1CCN(C(CN)C2CCC(C)O2)C1. The van der Waals surface area contributed by atoms with Crippen molar-refractivity contribution in [2.45, 2.75) is 64.3 Å². The van der Waals surface area contributed by atoms with Gasteiger partial charge in [-0.3, -0.25) is 9.80 Å². The molecule has 0 aromatic heterocycles. The van der Waals surface area contributed by atoms with Gasteiger partial charge in [0, 0.05) is 31.7 Å². The third-order valence-electron chi connectivity index (χ3n) is 4.93. The first-order valence-corrected chi connectivity index (χ1v) is 8.03. The Bertz CT molecular complexity index is 270. The van der Waals surface area contributed by atoms with Crippen molar-refractivity contribution in [3.63, 3.8) is 0 Å². The number of rotatable bonds is 6. The van der Waals surface area contributed by atoms with Crippen LogP contribution in [0.5, 0.6) is 0 Å². The van der Waals surface area contributed by atoms with Gasteiger partial charge in [0.2, 0.25) is 0 Å². The molecule has 0 aliphatic carbocycles. The topological polar surface area (TPSA) is 41.7 Å². The van der Waals surface area contributed by atoms with Gasteiger partial charge in [0.15, 0.2) is 0 Å². The van der Waals surface area contributed by atoms with Crippen molar-refractivity contribution in [2.75, 3.05) is 32.7 Å². The first kappa shape index (κ1) is 15.2. The van der Waals surface area contributed by atoms with Crippen LogP contribution in [0.15, 0.2) is 0 Å². The van der Waals surface area contributed by atoms with E-state index in [0.717, 1.165) is 26.2 Å². The standard InChI is InChI=1S/C15H31N3O/c1-4-17(5-2)13-8-9-18(11-13)14(10-16)15-7-6-12(3)19-15/h12-15H,4-11,16H2,1-3H3. The van der Waals surface area contributed by atoms with Crippen LogP contribution in [-0.2, 0) is 4.74 Å². The van der Waals surface area contributed by atoms with Crippen molar-refractivity contribution in [3.05, 3.63) is 0 Å². The van der Waals surface area contributed by atoms with Crippen LogP contribution >= 0.6 is 0 Å². The van der Waals surface area contributed by atoms with Crippen LogP contribution in [0.2, 0.25) is 0 Å². The van der Waals surface area contributed by atoms with E-state index in [0.29, 0.717) is 24.3 Å². The molecule has 0 amide bonds. The first-order valence-electron chi connectivity index (χ1n) is 8.03. The van der Waals surface area contributed by atoms with Gasteiger partial charge < -0.3 is 10.5 Å². The van der Waals surface area contributed by atoms with Crippen molar-refractivity contribution in [1.29, 1.82) is 0 Å². The molecule has 2 aliphatic rings. The molecule has 4 nitrogen and oxygen atoms in total. The van der Waals surface area contributed by atoms with Crippen LogP contribution in [0, 0.1) is 0 Å². The fraction of sp³-hybridized carbons (Fsp3) is 1.00. The Hall–Kier alpha value is -0.160. The zero-order chi connectivity index (χ0) is 13.8. The summed E-state index contributed by atoms with van der Waals surface area (Å²) in [5.74, 6) is 0. The summed E-state index contributed by atoms with van der Waals surface area (Å²) in [4.78, 5) is 5.15. The van der Waals surface area contributed by atoms with Crippen molar-refractivity contribution >= 4 is 0 Å². The highest BCUT2D eigenvalue weighted by Gasteiger charge is 2.37. The molecule has 0 aromatic carbocycles. The maximum Gasteiger partial charge on any atom is 0.0747 e. The fourth-order valence-electron chi connectivity index (χ4n) is 3.76. The van der Waals surface area contributed by atoms with Crippen molar-refractivity contribution in [1.82, 2.24) is 9.80 Å². The molecule has 2 N–H and O–H groups in total. The number of nitrogens with zero attached hydrogens (tertiary/aromatic N) is 2. The summed E-state index contributed by atoms with van der Waals surface area (Å²) in [6.45, 7) is 12.1. The highest BCUT2D eigenvalue weighted by molar-refractivity contribution is 4.92. The molecule has 2 saturated heterocycles. The molecule has 2 rings (SSSR count). The molecular weight excluding hydrogens is 238 g/mol. The normalized spacial score (nSPS) is 34.3. The van der Waals surface area contributed by atoms with E-state index < -0.39 is 0 Å². The number of likely N-dealkylation sites (N-methyl/N-ethyl adjacent to an activating group) is 1. The van der Waals surface area contributed by atoms with Gasteiger partial charge in [-0.2, -0.15) is 0 Å². The van der Waals surface area contributed by atoms with E-state index in [9.17, 15) is 0 Å². The van der Waals surface area contributed by atoms with Gasteiger partial charge in [-0.05, 0) is 39.3 Å². The molecule has 2 aliphatic heterocycles. The van der Waals surface area contributed by atoms with Crippen molar-refractivity contribution in [3.8, 4) is 0 Å². The predicted molar refractivity (Wildman–Crippen MR) is 79.3 cm³/mol. The van der Waals surface area contributed by atoms with Gasteiger partial charge in [0.05, 0.1) is 12.2 Å². The number of nitrogens with two attached hydrogens (primary N) is 1. The maximum atomic E-state index is 6.04. The van der Waals surface area contributed by atoms with E-state index in [1.807, 2.05) is 0 Å². The van der Waals surface area contributed by atoms with Gasteiger partial charge in [-0.15, -0.1) is 0 Å². The number of likely N-dealkylation sites (tertiary alicyclic amines) is 1. The number of hydrogen-bond acceptors (Lipinski definition) is 4. The minimum absolute atomic E-state index is 0.357.